The quantitative estimate of drug-likeness (QED) is 0.456. The average Bonchev–Trinajstić information content (AvgIpc) is 2.74. The molecule has 4 nitrogen and oxygen atoms in total. The Hall–Kier alpha value is -2.56. The first-order valence-corrected chi connectivity index (χ1v) is 10.7. The van der Waals surface area contributed by atoms with E-state index in [-0.39, 0.29) is 11.9 Å². The number of rotatable bonds is 9. The number of hydrogen-bond acceptors (Lipinski definition) is 4. The first-order chi connectivity index (χ1) is 14.1. The Morgan fingerprint density at radius 3 is 2.59 bits per heavy atom. The van der Waals surface area contributed by atoms with Gasteiger partial charge in [-0.2, -0.15) is 0 Å². The first kappa shape index (κ1) is 21.2. The number of aromatic nitrogens is 3. The van der Waals surface area contributed by atoms with Gasteiger partial charge in [0.25, 0.3) is 0 Å². The molecule has 2 atom stereocenters. The lowest BCUT2D eigenvalue weighted by Crippen LogP contribution is -2.14. The standard InChI is InChI=1S/C24H31FN4/c1-5-9-17(6-2)14-18-12-13-21-23(28-18)24(27-15-26-21)29-20(7-3)19-11-8-10-16(4)22(19)25/h8,10-13,15,17,20H,5-7,9,14H2,1-4H3,(H,26,27,29). The van der Waals surface area contributed by atoms with Gasteiger partial charge >= 0.3 is 0 Å². The summed E-state index contributed by atoms with van der Waals surface area (Å²) in [6, 6.07) is 9.42. The second kappa shape index (κ2) is 9.77. The Bertz CT molecular complexity index is 957. The van der Waals surface area contributed by atoms with Crippen molar-refractivity contribution in [1.29, 1.82) is 0 Å². The molecule has 1 N–H and O–H groups in total. The van der Waals surface area contributed by atoms with Gasteiger partial charge in [-0.15, -0.1) is 0 Å². The number of fused-ring (bicyclic) bond motifs is 1. The van der Waals surface area contributed by atoms with E-state index in [2.05, 4.69) is 35.2 Å². The minimum absolute atomic E-state index is 0.163. The molecule has 0 amide bonds. The lowest BCUT2D eigenvalue weighted by Gasteiger charge is -2.20. The zero-order valence-electron chi connectivity index (χ0n) is 17.9. The van der Waals surface area contributed by atoms with Crippen molar-refractivity contribution in [2.24, 2.45) is 5.92 Å². The molecule has 0 bridgehead atoms. The summed E-state index contributed by atoms with van der Waals surface area (Å²) in [5.41, 5.74) is 3.92. The third-order valence-electron chi connectivity index (χ3n) is 5.63. The normalized spacial score (nSPS) is 13.4. The summed E-state index contributed by atoms with van der Waals surface area (Å²) in [4.78, 5) is 13.7. The van der Waals surface area contributed by atoms with Gasteiger partial charge in [0, 0.05) is 11.3 Å². The molecule has 2 heterocycles. The summed E-state index contributed by atoms with van der Waals surface area (Å²) in [7, 11) is 0. The molecule has 0 radical (unpaired) electrons. The highest BCUT2D eigenvalue weighted by Crippen LogP contribution is 2.28. The van der Waals surface area contributed by atoms with E-state index in [4.69, 9.17) is 4.98 Å². The molecule has 2 unspecified atom stereocenters. The van der Waals surface area contributed by atoms with Crippen LogP contribution in [0.2, 0.25) is 0 Å². The van der Waals surface area contributed by atoms with Crippen molar-refractivity contribution < 1.29 is 4.39 Å². The maximum absolute atomic E-state index is 14.7. The highest BCUT2D eigenvalue weighted by Gasteiger charge is 2.18. The fourth-order valence-corrected chi connectivity index (χ4v) is 3.86. The average molecular weight is 395 g/mol. The summed E-state index contributed by atoms with van der Waals surface area (Å²) in [6.45, 7) is 8.29. The molecule has 0 saturated carbocycles. The zero-order chi connectivity index (χ0) is 20.8. The van der Waals surface area contributed by atoms with E-state index in [0.717, 1.165) is 36.0 Å². The molecule has 29 heavy (non-hydrogen) atoms. The Morgan fingerprint density at radius 2 is 1.86 bits per heavy atom. The molecule has 0 saturated heterocycles. The largest absolute Gasteiger partial charge is 0.361 e. The molecule has 0 spiro atoms. The fraction of sp³-hybridized carbons (Fsp3) is 0.458. The van der Waals surface area contributed by atoms with Crippen LogP contribution < -0.4 is 5.32 Å². The Labute approximate surface area is 173 Å². The summed E-state index contributed by atoms with van der Waals surface area (Å²) >= 11 is 0. The van der Waals surface area contributed by atoms with E-state index < -0.39 is 0 Å². The van der Waals surface area contributed by atoms with E-state index >= 15 is 0 Å². The predicted octanol–water partition coefficient (Wildman–Crippen LogP) is 6.40. The minimum Gasteiger partial charge on any atom is -0.361 e. The number of benzene rings is 1. The Kier molecular flexibility index (Phi) is 7.13. The highest BCUT2D eigenvalue weighted by atomic mass is 19.1. The van der Waals surface area contributed by atoms with Crippen molar-refractivity contribution >= 4 is 16.9 Å². The van der Waals surface area contributed by atoms with E-state index in [1.54, 1.807) is 13.0 Å². The predicted molar refractivity (Wildman–Crippen MR) is 118 cm³/mol. The summed E-state index contributed by atoms with van der Waals surface area (Å²) in [5.74, 6) is 1.13. The van der Waals surface area contributed by atoms with Crippen molar-refractivity contribution in [1.82, 2.24) is 15.0 Å². The fourth-order valence-electron chi connectivity index (χ4n) is 3.86. The molecule has 0 aliphatic heterocycles. The molecule has 1 aromatic carbocycles. The van der Waals surface area contributed by atoms with Crippen LogP contribution in [0.1, 0.15) is 69.3 Å². The van der Waals surface area contributed by atoms with Gasteiger partial charge in [-0.25, -0.2) is 19.3 Å². The van der Waals surface area contributed by atoms with Crippen LogP contribution >= 0.6 is 0 Å². The SMILES string of the molecule is CCCC(CC)Cc1ccc2ncnc(NC(CC)c3cccc(C)c3F)c2n1. The van der Waals surface area contributed by atoms with E-state index in [1.165, 1.54) is 19.2 Å². The molecule has 0 aliphatic carbocycles. The molecule has 154 valence electrons. The van der Waals surface area contributed by atoms with Gasteiger partial charge in [0.15, 0.2) is 5.82 Å². The number of anilines is 1. The van der Waals surface area contributed by atoms with Crippen molar-refractivity contribution in [2.45, 2.75) is 65.8 Å². The smallest absolute Gasteiger partial charge is 0.156 e. The van der Waals surface area contributed by atoms with Gasteiger partial charge in [0.05, 0.1) is 11.6 Å². The van der Waals surface area contributed by atoms with Crippen molar-refractivity contribution in [2.75, 3.05) is 5.32 Å². The lowest BCUT2D eigenvalue weighted by molar-refractivity contribution is 0.458. The molecule has 0 fully saturated rings. The Morgan fingerprint density at radius 1 is 1.03 bits per heavy atom. The van der Waals surface area contributed by atoms with Crippen molar-refractivity contribution in [3.8, 4) is 0 Å². The molecule has 0 aliphatic rings. The minimum atomic E-state index is -0.179. The van der Waals surface area contributed by atoms with Crippen LogP contribution in [0.5, 0.6) is 0 Å². The molecule has 5 heteroatoms. The molecular weight excluding hydrogens is 363 g/mol. The van der Waals surface area contributed by atoms with Crippen LogP contribution in [-0.4, -0.2) is 15.0 Å². The van der Waals surface area contributed by atoms with Crippen LogP contribution in [0, 0.1) is 18.7 Å². The van der Waals surface area contributed by atoms with Gasteiger partial charge in [-0.3, -0.25) is 0 Å². The van der Waals surface area contributed by atoms with Crippen LogP contribution in [0.25, 0.3) is 11.0 Å². The molecule has 2 aromatic heterocycles. The lowest BCUT2D eigenvalue weighted by atomic mass is 9.95. The number of aryl methyl sites for hydroxylation is 1. The topological polar surface area (TPSA) is 50.7 Å². The van der Waals surface area contributed by atoms with Crippen LogP contribution in [-0.2, 0) is 6.42 Å². The highest BCUT2D eigenvalue weighted by molar-refractivity contribution is 5.85. The van der Waals surface area contributed by atoms with E-state index in [0.29, 0.717) is 22.9 Å². The van der Waals surface area contributed by atoms with Crippen LogP contribution in [0.4, 0.5) is 10.2 Å². The first-order valence-electron chi connectivity index (χ1n) is 10.7. The molecule has 3 aromatic rings. The maximum atomic E-state index is 14.7. The van der Waals surface area contributed by atoms with Gasteiger partial charge < -0.3 is 5.32 Å². The van der Waals surface area contributed by atoms with Gasteiger partial charge in [0.2, 0.25) is 0 Å². The van der Waals surface area contributed by atoms with E-state index in [9.17, 15) is 4.39 Å². The molecular formula is C24H31FN4. The number of hydrogen-bond donors (Lipinski definition) is 1. The van der Waals surface area contributed by atoms with Crippen molar-refractivity contribution in [3.63, 3.8) is 0 Å². The summed E-state index contributed by atoms with van der Waals surface area (Å²) in [6.07, 6.45) is 6.77. The van der Waals surface area contributed by atoms with Gasteiger partial charge in [0.1, 0.15) is 17.7 Å². The third-order valence-corrected chi connectivity index (χ3v) is 5.63. The van der Waals surface area contributed by atoms with Gasteiger partial charge in [-0.05, 0) is 43.4 Å². The number of nitrogens with one attached hydrogen (secondary N) is 1. The number of halogens is 1. The summed E-state index contributed by atoms with van der Waals surface area (Å²) < 4.78 is 14.7. The van der Waals surface area contributed by atoms with Crippen LogP contribution in [0.3, 0.4) is 0 Å². The van der Waals surface area contributed by atoms with Crippen molar-refractivity contribution in [3.05, 3.63) is 59.3 Å². The second-order valence-corrected chi connectivity index (χ2v) is 7.74. The molecule has 3 rings (SSSR count). The summed E-state index contributed by atoms with van der Waals surface area (Å²) in [5, 5.41) is 3.42. The Balaban J connectivity index is 1.93. The monoisotopic (exact) mass is 394 g/mol. The number of pyridine rings is 1. The second-order valence-electron chi connectivity index (χ2n) is 7.74. The van der Waals surface area contributed by atoms with E-state index in [1.807, 2.05) is 25.1 Å². The zero-order valence-corrected chi connectivity index (χ0v) is 17.9. The van der Waals surface area contributed by atoms with Crippen LogP contribution in [0.15, 0.2) is 36.7 Å². The van der Waals surface area contributed by atoms with Gasteiger partial charge in [-0.1, -0.05) is 58.2 Å². The number of nitrogens with zero attached hydrogens (tertiary/aromatic N) is 3. The maximum Gasteiger partial charge on any atom is 0.156 e. The third kappa shape index (κ3) is 4.89.